The smallest absolute Gasteiger partial charge is 0.325 e. The van der Waals surface area contributed by atoms with Crippen molar-refractivity contribution in [2.45, 2.75) is 19.0 Å². The van der Waals surface area contributed by atoms with Crippen molar-refractivity contribution in [1.82, 2.24) is 20.0 Å². The van der Waals surface area contributed by atoms with Crippen LogP contribution in [0.5, 0.6) is 0 Å². The summed E-state index contributed by atoms with van der Waals surface area (Å²) in [6.45, 7) is 2.34. The molecular formula is C16H22N4O4S. The normalized spacial score (nSPS) is 21.7. The fourth-order valence-electron chi connectivity index (χ4n) is 3.20. The summed E-state index contributed by atoms with van der Waals surface area (Å²) in [6, 6.07) is 3.64. The quantitative estimate of drug-likeness (QED) is 0.674. The monoisotopic (exact) mass is 366 g/mol. The minimum atomic E-state index is -0.512. The summed E-state index contributed by atoms with van der Waals surface area (Å²) in [6.07, 6.45) is 0.582. The van der Waals surface area contributed by atoms with Gasteiger partial charge >= 0.3 is 6.03 Å². The highest BCUT2D eigenvalue weighted by Gasteiger charge is 2.34. The van der Waals surface area contributed by atoms with Gasteiger partial charge in [0.05, 0.1) is 6.54 Å². The molecule has 136 valence electrons. The maximum absolute atomic E-state index is 12.5. The molecule has 0 aliphatic carbocycles. The SMILES string of the molecule is O=C(CN1C(=O)CNC1=O)N1CCN(Cc2cccs2)C(CCO)C1. The molecule has 9 heteroatoms. The number of hydrogen-bond acceptors (Lipinski definition) is 6. The molecule has 3 rings (SSSR count). The molecule has 2 aliphatic heterocycles. The molecule has 3 heterocycles. The molecule has 2 saturated heterocycles. The zero-order valence-electron chi connectivity index (χ0n) is 13.9. The van der Waals surface area contributed by atoms with Crippen LogP contribution in [-0.4, -0.2) is 83.0 Å². The summed E-state index contributed by atoms with van der Waals surface area (Å²) in [4.78, 5) is 41.9. The standard InChI is InChI=1S/C16H22N4O4S/c21-6-3-12-9-19(5-4-18(12)10-13-2-1-7-25-13)15(23)11-20-14(22)8-17-16(20)24/h1-2,7,12,21H,3-6,8-11H2,(H,17,24). The molecular weight excluding hydrogens is 344 g/mol. The Bertz CT molecular complexity index is 620. The molecule has 1 atom stereocenters. The minimum absolute atomic E-state index is 0.0478. The molecule has 1 unspecified atom stereocenters. The van der Waals surface area contributed by atoms with Crippen LogP contribution in [0.4, 0.5) is 4.79 Å². The van der Waals surface area contributed by atoms with Crippen LogP contribution in [-0.2, 0) is 16.1 Å². The molecule has 1 aromatic rings. The van der Waals surface area contributed by atoms with Gasteiger partial charge in [-0.25, -0.2) is 4.79 Å². The molecule has 1 aromatic heterocycles. The van der Waals surface area contributed by atoms with Crippen LogP contribution < -0.4 is 5.32 Å². The van der Waals surface area contributed by atoms with Crippen molar-refractivity contribution in [2.24, 2.45) is 0 Å². The topological polar surface area (TPSA) is 93.2 Å². The van der Waals surface area contributed by atoms with Crippen molar-refractivity contribution in [3.63, 3.8) is 0 Å². The van der Waals surface area contributed by atoms with Crippen LogP contribution in [0, 0.1) is 0 Å². The van der Waals surface area contributed by atoms with Gasteiger partial charge in [-0.05, 0) is 17.9 Å². The first kappa shape index (κ1) is 17.8. The molecule has 0 saturated carbocycles. The number of hydrogen-bond donors (Lipinski definition) is 2. The third-order valence-corrected chi connectivity index (χ3v) is 5.45. The van der Waals surface area contributed by atoms with Gasteiger partial charge in [0.1, 0.15) is 6.54 Å². The van der Waals surface area contributed by atoms with Crippen molar-refractivity contribution >= 4 is 29.2 Å². The van der Waals surface area contributed by atoms with E-state index < -0.39 is 6.03 Å². The van der Waals surface area contributed by atoms with Crippen molar-refractivity contribution in [3.05, 3.63) is 22.4 Å². The Kier molecular flexibility index (Phi) is 5.67. The lowest BCUT2D eigenvalue weighted by Crippen LogP contribution is -2.56. The lowest BCUT2D eigenvalue weighted by Gasteiger charge is -2.41. The van der Waals surface area contributed by atoms with E-state index in [9.17, 15) is 19.5 Å². The molecule has 0 spiro atoms. The summed E-state index contributed by atoms with van der Waals surface area (Å²) in [5, 5.41) is 13.8. The summed E-state index contributed by atoms with van der Waals surface area (Å²) in [7, 11) is 0. The average Bonchev–Trinajstić information content (AvgIpc) is 3.22. The lowest BCUT2D eigenvalue weighted by atomic mass is 10.1. The van der Waals surface area contributed by atoms with Crippen molar-refractivity contribution < 1.29 is 19.5 Å². The van der Waals surface area contributed by atoms with Crippen LogP contribution in [0.1, 0.15) is 11.3 Å². The second-order valence-corrected chi connectivity index (χ2v) is 7.23. The second-order valence-electron chi connectivity index (χ2n) is 6.19. The second kappa shape index (κ2) is 7.94. The first-order valence-corrected chi connectivity index (χ1v) is 9.19. The molecule has 25 heavy (non-hydrogen) atoms. The number of aliphatic hydroxyl groups is 1. The highest BCUT2D eigenvalue weighted by Crippen LogP contribution is 2.19. The highest BCUT2D eigenvalue weighted by atomic mass is 32.1. The van der Waals surface area contributed by atoms with Gasteiger partial charge < -0.3 is 15.3 Å². The van der Waals surface area contributed by atoms with Crippen molar-refractivity contribution in [3.8, 4) is 0 Å². The van der Waals surface area contributed by atoms with Gasteiger partial charge in [-0.1, -0.05) is 6.07 Å². The fraction of sp³-hybridized carbons (Fsp3) is 0.562. The first-order valence-electron chi connectivity index (χ1n) is 8.31. The van der Waals surface area contributed by atoms with Crippen LogP contribution in [0.15, 0.2) is 17.5 Å². The molecule has 2 N–H and O–H groups in total. The van der Waals surface area contributed by atoms with E-state index in [4.69, 9.17) is 0 Å². The zero-order chi connectivity index (χ0) is 17.8. The van der Waals surface area contributed by atoms with E-state index in [-0.39, 0.29) is 37.6 Å². The third kappa shape index (κ3) is 4.17. The predicted octanol–water partition coefficient (Wildman–Crippen LogP) is -0.305. The van der Waals surface area contributed by atoms with Gasteiger partial charge in [-0.15, -0.1) is 11.3 Å². The number of carbonyl (C=O) groups is 3. The van der Waals surface area contributed by atoms with Gasteiger partial charge in [0.15, 0.2) is 0 Å². The average molecular weight is 366 g/mol. The predicted molar refractivity (Wildman–Crippen MR) is 91.9 cm³/mol. The Morgan fingerprint density at radius 2 is 2.20 bits per heavy atom. The summed E-state index contributed by atoms with van der Waals surface area (Å²) in [5.41, 5.74) is 0. The number of aliphatic hydroxyl groups excluding tert-OH is 1. The Morgan fingerprint density at radius 3 is 2.84 bits per heavy atom. The minimum Gasteiger partial charge on any atom is -0.396 e. The maximum atomic E-state index is 12.5. The van der Waals surface area contributed by atoms with Crippen LogP contribution in [0.3, 0.4) is 0 Å². The van der Waals surface area contributed by atoms with Crippen LogP contribution in [0.25, 0.3) is 0 Å². The van der Waals surface area contributed by atoms with Gasteiger partial charge in [-0.3, -0.25) is 19.4 Å². The van der Waals surface area contributed by atoms with E-state index in [1.165, 1.54) is 4.88 Å². The Balaban J connectivity index is 1.59. The number of urea groups is 1. The number of rotatable bonds is 6. The number of piperazine rings is 1. The number of carbonyl (C=O) groups excluding carboxylic acids is 3. The number of thiophene rings is 1. The fourth-order valence-corrected chi connectivity index (χ4v) is 3.93. The number of nitrogens with zero attached hydrogens (tertiary/aromatic N) is 3. The number of amides is 4. The Hall–Kier alpha value is -1.97. The summed E-state index contributed by atoms with van der Waals surface area (Å²) in [5.74, 6) is -0.606. The Morgan fingerprint density at radius 1 is 1.36 bits per heavy atom. The molecule has 2 fully saturated rings. The van der Waals surface area contributed by atoms with E-state index in [2.05, 4.69) is 16.3 Å². The van der Waals surface area contributed by atoms with E-state index in [0.717, 1.165) is 11.4 Å². The van der Waals surface area contributed by atoms with E-state index in [1.54, 1.807) is 16.2 Å². The molecule has 0 aromatic carbocycles. The van der Waals surface area contributed by atoms with Crippen molar-refractivity contribution in [2.75, 3.05) is 39.3 Å². The lowest BCUT2D eigenvalue weighted by molar-refractivity contribution is -0.139. The van der Waals surface area contributed by atoms with Gasteiger partial charge in [0, 0.05) is 43.7 Å². The van der Waals surface area contributed by atoms with E-state index in [1.807, 2.05) is 11.4 Å². The van der Waals surface area contributed by atoms with Crippen molar-refractivity contribution in [1.29, 1.82) is 0 Å². The zero-order valence-corrected chi connectivity index (χ0v) is 14.7. The number of imide groups is 1. The van der Waals surface area contributed by atoms with Gasteiger partial charge in [0.25, 0.3) is 5.91 Å². The number of nitrogens with one attached hydrogen (secondary N) is 1. The summed E-state index contributed by atoms with van der Waals surface area (Å²) < 4.78 is 0. The summed E-state index contributed by atoms with van der Waals surface area (Å²) >= 11 is 1.69. The van der Waals surface area contributed by atoms with Crippen LogP contribution >= 0.6 is 11.3 Å². The van der Waals surface area contributed by atoms with Gasteiger partial charge in [-0.2, -0.15) is 0 Å². The highest BCUT2D eigenvalue weighted by molar-refractivity contribution is 7.09. The van der Waals surface area contributed by atoms with E-state index >= 15 is 0 Å². The molecule has 2 aliphatic rings. The Labute approximate surface area is 150 Å². The first-order chi connectivity index (χ1) is 12.1. The third-order valence-electron chi connectivity index (χ3n) is 4.59. The maximum Gasteiger partial charge on any atom is 0.325 e. The molecule has 8 nitrogen and oxygen atoms in total. The largest absolute Gasteiger partial charge is 0.396 e. The molecule has 0 bridgehead atoms. The van der Waals surface area contributed by atoms with E-state index in [0.29, 0.717) is 26.1 Å². The molecule has 4 amide bonds. The molecule has 0 radical (unpaired) electrons. The van der Waals surface area contributed by atoms with Crippen LogP contribution in [0.2, 0.25) is 0 Å². The van der Waals surface area contributed by atoms with Gasteiger partial charge in [0.2, 0.25) is 5.91 Å².